The highest BCUT2D eigenvalue weighted by atomic mass is 16.4. The van der Waals surface area contributed by atoms with Crippen LogP contribution in [0.2, 0.25) is 0 Å². The minimum absolute atomic E-state index is 0.0670. The number of aliphatic carboxylic acids is 1. The van der Waals surface area contributed by atoms with Gasteiger partial charge in [-0.05, 0) is 32.1 Å². The van der Waals surface area contributed by atoms with Gasteiger partial charge in [-0.3, -0.25) is 24.0 Å². The molecule has 4 unspecified atom stereocenters. The molecule has 13 heteroatoms. The van der Waals surface area contributed by atoms with E-state index in [0.717, 1.165) is 0 Å². The second-order valence-corrected chi connectivity index (χ2v) is 7.95. The summed E-state index contributed by atoms with van der Waals surface area (Å²) in [5, 5.41) is 16.5. The summed E-state index contributed by atoms with van der Waals surface area (Å²) in [6.45, 7) is 4.98. The monoisotopic (exact) mass is 458 g/mol. The van der Waals surface area contributed by atoms with E-state index in [9.17, 15) is 33.9 Å². The quantitative estimate of drug-likeness (QED) is 0.137. The van der Waals surface area contributed by atoms with Crippen LogP contribution in [0.25, 0.3) is 0 Å². The van der Waals surface area contributed by atoms with Gasteiger partial charge in [0.05, 0.1) is 6.04 Å². The van der Waals surface area contributed by atoms with Gasteiger partial charge in [0, 0.05) is 12.8 Å². The number of rotatable bonds is 15. The molecule has 0 aliphatic heterocycles. The maximum Gasteiger partial charge on any atom is 0.326 e. The lowest BCUT2D eigenvalue weighted by Gasteiger charge is -2.25. The summed E-state index contributed by atoms with van der Waals surface area (Å²) in [6.07, 6.45) is -0.635. The Morgan fingerprint density at radius 2 is 1.12 bits per heavy atom. The van der Waals surface area contributed by atoms with E-state index in [1.807, 2.05) is 0 Å². The van der Waals surface area contributed by atoms with Crippen molar-refractivity contribution in [2.75, 3.05) is 0 Å². The van der Waals surface area contributed by atoms with Gasteiger partial charge in [0.2, 0.25) is 29.5 Å². The van der Waals surface area contributed by atoms with E-state index in [-0.39, 0.29) is 38.0 Å². The summed E-state index contributed by atoms with van der Waals surface area (Å²) in [5.41, 5.74) is 15.6. The number of nitrogens with one attached hydrogen (secondary N) is 3. The van der Waals surface area contributed by atoms with Crippen molar-refractivity contribution in [1.82, 2.24) is 16.0 Å². The molecule has 32 heavy (non-hydrogen) atoms. The molecule has 0 aromatic carbocycles. The Morgan fingerprint density at radius 3 is 1.53 bits per heavy atom. The molecule has 0 rings (SSSR count). The van der Waals surface area contributed by atoms with E-state index >= 15 is 0 Å². The number of amides is 5. The van der Waals surface area contributed by atoms with Crippen LogP contribution in [0.5, 0.6) is 0 Å². The largest absolute Gasteiger partial charge is 0.480 e. The van der Waals surface area contributed by atoms with Crippen LogP contribution in [0, 0.1) is 5.92 Å². The summed E-state index contributed by atoms with van der Waals surface area (Å²) >= 11 is 0. The Bertz CT molecular complexity index is 710. The first-order chi connectivity index (χ1) is 14.7. The van der Waals surface area contributed by atoms with Crippen LogP contribution in [0.3, 0.4) is 0 Å². The molecule has 0 bridgehead atoms. The van der Waals surface area contributed by atoms with Crippen molar-refractivity contribution < 1.29 is 33.9 Å². The van der Waals surface area contributed by atoms with Crippen molar-refractivity contribution in [1.29, 1.82) is 0 Å². The molecule has 0 spiro atoms. The van der Waals surface area contributed by atoms with Gasteiger partial charge in [-0.25, -0.2) is 4.79 Å². The topological polar surface area (TPSA) is 237 Å². The molecule has 0 aliphatic carbocycles. The van der Waals surface area contributed by atoms with E-state index in [1.54, 1.807) is 13.8 Å². The predicted molar refractivity (Wildman–Crippen MR) is 113 cm³/mol. The molecule has 182 valence electrons. The summed E-state index contributed by atoms with van der Waals surface area (Å²) < 4.78 is 0. The van der Waals surface area contributed by atoms with E-state index in [4.69, 9.17) is 17.2 Å². The maximum atomic E-state index is 12.8. The first-order valence-corrected chi connectivity index (χ1v) is 10.2. The van der Waals surface area contributed by atoms with Crippen LogP contribution in [0.1, 0.15) is 52.9 Å². The second-order valence-electron chi connectivity index (χ2n) is 7.95. The van der Waals surface area contributed by atoms with Gasteiger partial charge in [-0.2, -0.15) is 0 Å². The van der Waals surface area contributed by atoms with Gasteiger partial charge in [0.1, 0.15) is 18.1 Å². The third-order valence-corrected chi connectivity index (χ3v) is 4.36. The first kappa shape index (κ1) is 28.8. The van der Waals surface area contributed by atoms with Crippen LogP contribution >= 0.6 is 0 Å². The highest BCUT2D eigenvalue weighted by Crippen LogP contribution is 2.08. The van der Waals surface area contributed by atoms with E-state index in [0.29, 0.717) is 0 Å². The van der Waals surface area contributed by atoms with Crippen LogP contribution in [-0.4, -0.2) is 64.8 Å². The highest BCUT2D eigenvalue weighted by Gasteiger charge is 2.30. The molecule has 0 radical (unpaired) electrons. The molecular weight excluding hydrogens is 424 g/mol. The van der Waals surface area contributed by atoms with Crippen molar-refractivity contribution in [2.24, 2.45) is 23.1 Å². The summed E-state index contributed by atoms with van der Waals surface area (Å²) in [5.74, 6) is -5.02. The molecular formula is C19H34N6O7. The smallest absolute Gasteiger partial charge is 0.326 e. The number of carbonyl (C=O) groups is 6. The first-order valence-electron chi connectivity index (χ1n) is 10.2. The lowest BCUT2D eigenvalue weighted by molar-refractivity contribution is -0.142. The number of hydrogen-bond acceptors (Lipinski definition) is 7. The molecule has 0 aromatic heterocycles. The third kappa shape index (κ3) is 11.8. The van der Waals surface area contributed by atoms with Gasteiger partial charge in [0.15, 0.2) is 0 Å². The standard InChI is InChI=1S/C19H34N6O7/c1-9(2)8-13(18(30)24-12(19(31)32)5-7-15(22)27)25-17(29)11(4-6-14(21)26)23-16(28)10(3)20/h9-13H,4-8,20H2,1-3H3,(H2,21,26)(H2,22,27)(H,23,28)(H,24,30)(H,25,29)(H,31,32). The number of carbonyl (C=O) groups excluding carboxylic acids is 5. The molecule has 0 aromatic rings. The Balaban J connectivity index is 5.47. The fourth-order valence-electron chi connectivity index (χ4n) is 2.65. The molecule has 10 N–H and O–H groups in total. The van der Waals surface area contributed by atoms with Gasteiger partial charge in [0.25, 0.3) is 0 Å². The second kappa shape index (κ2) is 14.0. The predicted octanol–water partition coefficient (Wildman–Crippen LogP) is -2.55. The molecule has 0 aliphatic rings. The maximum absolute atomic E-state index is 12.8. The van der Waals surface area contributed by atoms with E-state index < -0.39 is 59.7 Å². The molecule has 0 heterocycles. The number of primary amides is 2. The minimum atomic E-state index is -1.38. The van der Waals surface area contributed by atoms with Crippen molar-refractivity contribution in [3.63, 3.8) is 0 Å². The lowest BCUT2D eigenvalue weighted by atomic mass is 10.0. The lowest BCUT2D eigenvalue weighted by Crippen LogP contribution is -2.57. The van der Waals surface area contributed by atoms with Crippen LogP contribution < -0.4 is 33.2 Å². The zero-order valence-electron chi connectivity index (χ0n) is 18.6. The number of carboxylic acid groups (broad SMARTS) is 1. The van der Waals surface area contributed by atoms with E-state index in [1.165, 1.54) is 6.92 Å². The molecule has 5 amide bonds. The van der Waals surface area contributed by atoms with Gasteiger partial charge in [-0.1, -0.05) is 13.8 Å². The average molecular weight is 459 g/mol. The highest BCUT2D eigenvalue weighted by molar-refractivity contribution is 5.94. The SMILES string of the molecule is CC(C)CC(NC(=O)C(CCC(N)=O)NC(=O)C(C)N)C(=O)NC(CCC(N)=O)C(=O)O. The van der Waals surface area contributed by atoms with Gasteiger partial charge in [-0.15, -0.1) is 0 Å². The fourth-order valence-corrected chi connectivity index (χ4v) is 2.65. The zero-order valence-corrected chi connectivity index (χ0v) is 18.6. The average Bonchev–Trinajstić information content (AvgIpc) is 2.66. The van der Waals surface area contributed by atoms with Crippen molar-refractivity contribution in [3.05, 3.63) is 0 Å². The number of nitrogens with two attached hydrogens (primary N) is 3. The fraction of sp³-hybridized carbons (Fsp3) is 0.684. The number of carboxylic acids is 1. The van der Waals surface area contributed by atoms with Crippen molar-refractivity contribution in [2.45, 2.75) is 77.0 Å². The van der Waals surface area contributed by atoms with E-state index in [2.05, 4.69) is 16.0 Å². The Hall–Kier alpha value is -3.22. The minimum Gasteiger partial charge on any atom is -0.480 e. The van der Waals surface area contributed by atoms with Gasteiger partial charge >= 0.3 is 5.97 Å². The zero-order chi connectivity index (χ0) is 25.0. The number of hydrogen-bond donors (Lipinski definition) is 7. The molecule has 13 nitrogen and oxygen atoms in total. The summed E-state index contributed by atoms with van der Waals surface area (Å²) in [4.78, 5) is 70.9. The summed E-state index contributed by atoms with van der Waals surface area (Å²) in [6, 6.07) is -4.63. The van der Waals surface area contributed by atoms with Gasteiger partial charge < -0.3 is 38.3 Å². The molecule has 0 fully saturated rings. The van der Waals surface area contributed by atoms with Crippen LogP contribution in [0.15, 0.2) is 0 Å². The van der Waals surface area contributed by atoms with Crippen molar-refractivity contribution in [3.8, 4) is 0 Å². The van der Waals surface area contributed by atoms with Crippen LogP contribution in [-0.2, 0) is 28.8 Å². The summed E-state index contributed by atoms with van der Waals surface area (Å²) in [7, 11) is 0. The molecule has 0 saturated carbocycles. The Labute approximate surface area is 186 Å². The molecule has 4 atom stereocenters. The van der Waals surface area contributed by atoms with Crippen molar-refractivity contribution >= 4 is 35.5 Å². The normalized spacial score (nSPS) is 14.5. The van der Waals surface area contributed by atoms with Crippen LogP contribution in [0.4, 0.5) is 0 Å². The Morgan fingerprint density at radius 1 is 0.719 bits per heavy atom. The molecule has 0 saturated heterocycles. The Kier molecular flexibility index (Phi) is 12.6. The third-order valence-electron chi connectivity index (χ3n) is 4.36.